The molecule has 0 bridgehead atoms. The summed E-state index contributed by atoms with van der Waals surface area (Å²) in [7, 11) is 1.60. The number of nitrogens with one attached hydrogen (secondary N) is 1. The van der Waals surface area contributed by atoms with Crippen LogP contribution < -0.4 is 14.8 Å². The molecule has 6 heteroatoms. The first-order valence-corrected chi connectivity index (χ1v) is 10.1. The molecule has 0 aromatic heterocycles. The second-order valence-electron chi connectivity index (χ2n) is 7.23. The Balaban J connectivity index is 2.22. The van der Waals surface area contributed by atoms with Gasteiger partial charge in [0, 0.05) is 16.6 Å². The lowest BCUT2D eigenvalue weighted by Gasteiger charge is -2.20. The van der Waals surface area contributed by atoms with Crippen LogP contribution >= 0.6 is 15.9 Å². The van der Waals surface area contributed by atoms with E-state index in [-0.39, 0.29) is 5.92 Å². The summed E-state index contributed by atoms with van der Waals surface area (Å²) in [6, 6.07) is 11.2. The van der Waals surface area contributed by atoms with Crippen molar-refractivity contribution in [2.24, 2.45) is 5.92 Å². The molecule has 2 aromatic rings. The molecule has 5 nitrogen and oxygen atoms in total. The average Bonchev–Trinajstić information content (AvgIpc) is 2.65. The number of halogens is 1. The fourth-order valence-corrected chi connectivity index (χ4v) is 3.33. The van der Waals surface area contributed by atoms with E-state index in [4.69, 9.17) is 9.47 Å². The van der Waals surface area contributed by atoms with Crippen molar-refractivity contribution in [3.63, 3.8) is 0 Å². The van der Waals surface area contributed by atoms with Gasteiger partial charge < -0.3 is 19.9 Å². The molecule has 0 aliphatic rings. The summed E-state index contributed by atoms with van der Waals surface area (Å²) in [5.74, 6) is 0.649. The molecular formula is C22H28BrNO4. The van der Waals surface area contributed by atoms with Crippen LogP contribution in [0.4, 0.5) is 0 Å². The van der Waals surface area contributed by atoms with Crippen LogP contribution in [0.1, 0.15) is 37.0 Å². The number of carbonyl (C=O) groups is 1. The largest absolute Gasteiger partial charge is 0.493 e. The van der Waals surface area contributed by atoms with Crippen molar-refractivity contribution in [2.75, 3.05) is 7.11 Å². The molecule has 28 heavy (non-hydrogen) atoms. The Labute approximate surface area is 175 Å². The second kappa shape index (κ2) is 10.5. The first kappa shape index (κ1) is 22.2. The van der Waals surface area contributed by atoms with Crippen LogP contribution in [0.15, 0.2) is 40.9 Å². The molecule has 0 saturated heterocycles. The number of carboxylic acid groups (broad SMARTS) is 1. The summed E-state index contributed by atoms with van der Waals surface area (Å²) >= 11 is 3.56. The fraction of sp³-hybridized carbons (Fsp3) is 0.409. The molecule has 2 aromatic carbocycles. The lowest BCUT2D eigenvalue weighted by molar-refractivity contribution is -0.140. The summed E-state index contributed by atoms with van der Waals surface area (Å²) in [6.45, 7) is 6.81. The molecule has 2 N–H and O–H groups in total. The smallest absolute Gasteiger partial charge is 0.320 e. The Kier molecular flexibility index (Phi) is 8.33. The fourth-order valence-electron chi connectivity index (χ4n) is 2.87. The van der Waals surface area contributed by atoms with Crippen molar-refractivity contribution in [2.45, 2.75) is 46.4 Å². The van der Waals surface area contributed by atoms with Crippen molar-refractivity contribution in [1.29, 1.82) is 0 Å². The molecule has 0 radical (unpaired) electrons. The van der Waals surface area contributed by atoms with Gasteiger partial charge in [0.15, 0.2) is 11.5 Å². The third-order valence-corrected chi connectivity index (χ3v) is 5.16. The van der Waals surface area contributed by atoms with Gasteiger partial charge in [0.05, 0.1) is 7.11 Å². The highest BCUT2D eigenvalue weighted by atomic mass is 79.9. The number of methoxy groups -OCH3 is 1. The van der Waals surface area contributed by atoms with Crippen LogP contribution in [-0.4, -0.2) is 24.2 Å². The zero-order valence-electron chi connectivity index (χ0n) is 16.8. The Morgan fingerprint density at radius 1 is 1.18 bits per heavy atom. The van der Waals surface area contributed by atoms with Gasteiger partial charge >= 0.3 is 5.97 Å². The first-order valence-electron chi connectivity index (χ1n) is 9.31. The lowest BCUT2D eigenvalue weighted by atomic mass is 10.0. The van der Waals surface area contributed by atoms with Gasteiger partial charge in [-0.1, -0.05) is 59.6 Å². The van der Waals surface area contributed by atoms with E-state index >= 15 is 0 Å². The molecule has 0 amide bonds. The highest BCUT2D eigenvalue weighted by Gasteiger charge is 2.21. The maximum atomic E-state index is 11.6. The molecule has 1 atom stereocenters. The van der Waals surface area contributed by atoms with E-state index in [2.05, 4.69) is 21.2 Å². The van der Waals surface area contributed by atoms with Gasteiger partial charge in [-0.25, -0.2) is 0 Å². The molecule has 0 spiro atoms. The Morgan fingerprint density at radius 2 is 1.86 bits per heavy atom. The summed E-state index contributed by atoms with van der Waals surface area (Å²) in [4.78, 5) is 11.6. The van der Waals surface area contributed by atoms with Gasteiger partial charge in [0.25, 0.3) is 0 Å². The predicted octanol–water partition coefficient (Wildman–Crippen LogP) is 4.93. The van der Waals surface area contributed by atoms with Crippen LogP contribution in [0.3, 0.4) is 0 Å². The number of aliphatic carboxylic acids is 1. The maximum absolute atomic E-state index is 11.6. The normalized spacial score (nSPS) is 12.1. The highest BCUT2D eigenvalue weighted by molar-refractivity contribution is 9.10. The molecule has 152 valence electrons. The van der Waals surface area contributed by atoms with Gasteiger partial charge in [-0.15, -0.1) is 0 Å². The topological polar surface area (TPSA) is 67.8 Å². The molecule has 0 aliphatic heterocycles. The van der Waals surface area contributed by atoms with Gasteiger partial charge in [-0.3, -0.25) is 4.79 Å². The second-order valence-corrected chi connectivity index (χ2v) is 8.09. The van der Waals surface area contributed by atoms with E-state index in [1.165, 1.54) is 5.56 Å². The SMILES string of the molecule is COc1ccc(Br)c(CNC(CC(C)C)C(=O)O)c1OCc1ccc(C)cc1. The number of carboxylic acids is 1. The Hall–Kier alpha value is -2.05. The molecule has 0 fully saturated rings. The summed E-state index contributed by atoms with van der Waals surface area (Å²) in [6.07, 6.45) is 0.552. The molecule has 0 aliphatic carbocycles. The highest BCUT2D eigenvalue weighted by Crippen LogP contribution is 2.37. The van der Waals surface area contributed by atoms with Crippen molar-refractivity contribution in [1.82, 2.24) is 5.32 Å². The van der Waals surface area contributed by atoms with Gasteiger partial charge in [-0.2, -0.15) is 0 Å². The van der Waals surface area contributed by atoms with Gasteiger partial charge in [-0.05, 0) is 37.0 Å². The summed E-state index contributed by atoms with van der Waals surface area (Å²) < 4.78 is 12.4. The number of benzene rings is 2. The molecular weight excluding hydrogens is 422 g/mol. The average molecular weight is 450 g/mol. The third kappa shape index (κ3) is 6.24. The molecule has 2 rings (SSSR count). The number of hydrogen-bond donors (Lipinski definition) is 2. The van der Waals surface area contributed by atoms with Crippen molar-refractivity contribution in [3.05, 3.63) is 57.6 Å². The zero-order chi connectivity index (χ0) is 20.7. The number of rotatable bonds is 10. The van der Waals surface area contributed by atoms with E-state index in [1.807, 2.05) is 57.2 Å². The monoisotopic (exact) mass is 449 g/mol. The van der Waals surface area contributed by atoms with E-state index in [0.29, 0.717) is 31.1 Å². The summed E-state index contributed by atoms with van der Waals surface area (Å²) in [5.41, 5.74) is 3.08. The minimum atomic E-state index is -0.852. The molecule has 1 unspecified atom stereocenters. The minimum Gasteiger partial charge on any atom is -0.493 e. The van der Waals surface area contributed by atoms with Crippen molar-refractivity contribution >= 4 is 21.9 Å². The van der Waals surface area contributed by atoms with Gasteiger partial charge in [0.2, 0.25) is 0 Å². The predicted molar refractivity (Wildman–Crippen MR) is 114 cm³/mol. The molecule has 0 heterocycles. The quantitative estimate of drug-likeness (QED) is 0.537. The van der Waals surface area contributed by atoms with E-state index in [1.54, 1.807) is 7.11 Å². The lowest BCUT2D eigenvalue weighted by Crippen LogP contribution is -2.37. The van der Waals surface area contributed by atoms with Gasteiger partial charge in [0.1, 0.15) is 12.6 Å². The van der Waals surface area contributed by atoms with Crippen LogP contribution in [0.25, 0.3) is 0 Å². The third-order valence-electron chi connectivity index (χ3n) is 4.42. The van der Waals surface area contributed by atoms with Crippen LogP contribution in [-0.2, 0) is 17.9 Å². The van der Waals surface area contributed by atoms with E-state index in [0.717, 1.165) is 15.6 Å². The minimum absolute atomic E-state index is 0.277. The van der Waals surface area contributed by atoms with E-state index in [9.17, 15) is 9.90 Å². The van der Waals surface area contributed by atoms with Crippen LogP contribution in [0.2, 0.25) is 0 Å². The first-order chi connectivity index (χ1) is 13.3. The zero-order valence-corrected chi connectivity index (χ0v) is 18.4. The van der Waals surface area contributed by atoms with Crippen molar-refractivity contribution < 1.29 is 19.4 Å². The maximum Gasteiger partial charge on any atom is 0.320 e. The standard InChI is InChI=1S/C22H28BrNO4/c1-14(2)11-19(22(25)26)24-12-17-18(23)9-10-20(27-4)21(17)28-13-16-7-5-15(3)6-8-16/h5-10,14,19,24H,11-13H2,1-4H3,(H,25,26). The van der Waals surface area contributed by atoms with Crippen LogP contribution in [0, 0.1) is 12.8 Å². The number of ether oxygens (including phenoxy) is 2. The number of aryl methyl sites for hydroxylation is 1. The Morgan fingerprint density at radius 3 is 2.43 bits per heavy atom. The number of hydrogen-bond acceptors (Lipinski definition) is 4. The van der Waals surface area contributed by atoms with Crippen molar-refractivity contribution in [3.8, 4) is 11.5 Å². The summed E-state index contributed by atoms with van der Waals surface area (Å²) in [5, 5.41) is 12.6. The Bertz CT molecular complexity index is 790. The van der Waals surface area contributed by atoms with Crippen LogP contribution in [0.5, 0.6) is 11.5 Å². The molecule has 0 saturated carbocycles. The van der Waals surface area contributed by atoms with E-state index < -0.39 is 12.0 Å².